The van der Waals surface area contributed by atoms with Crippen molar-refractivity contribution >= 4 is 5.52 Å². The van der Waals surface area contributed by atoms with Crippen LogP contribution in [0.4, 0.5) is 0 Å². The molecular weight excluding hydrogens is 202 g/mol. The van der Waals surface area contributed by atoms with Gasteiger partial charge >= 0.3 is 0 Å². The van der Waals surface area contributed by atoms with Crippen LogP contribution in [0.3, 0.4) is 0 Å². The molecule has 16 heavy (non-hydrogen) atoms. The van der Waals surface area contributed by atoms with Crippen LogP contribution in [-0.2, 0) is 12.0 Å². The van der Waals surface area contributed by atoms with Crippen LogP contribution in [0, 0.1) is 0 Å². The van der Waals surface area contributed by atoms with Gasteiger partial charge in [0.1, 0.15) is 0 Å². The Hall–Kier alpha value is -1.39. The summed E-state index contributed by atoms with van der Waals surface area (Å²) < 4.78 is 1.94. The molecule has 0 aromatic carbocycles. The molecule has 3 N–H and O–H groups in total. The fourth-order valence-corrected chi connectivity index (χ4v) is 1.75. The number of fused-ring (bicyclic) bond motifs is 1. The standard InChI is InChI=1S/C12H17N3O/c1-12(2,16)9-4-6-15-8-14-10(3-5-13)11(15)7-9/h4,6-8,16H,3,5,13H2,1-2H3. The van der Waals surface area contributed by atoms with E-state index in [2.05, 4.69) is 4.98 Å². The predicted octanol–water partition coefficient (Wildman–Crippen LogP) is 1.06. The Morgan fingerprint density at radius 1 is 1.50 bits per heavy atom. The SMILES string of the molecule is CC(C)(O)c1ccn2cnc(CCN)c2c1. The van der Waals surface area contributed by atoms with Gasteiger partial charge in [0.2, 0.25) is 0 Å². The van der Waals surface area contributed by atoms with Crippen molar-refractivity contribution in [3.63, 3.8) is 0 Å². The molecule has 0 saturated heterocycles. The first-order chi connectivity index (χ1) is 7.52. The molecule has 2 aromatic heterocycles. The minimum atomic E-state index is -0.827. The van der Waals surface area contributed by atoms with Gasteiger partial charge in [-0.15, -0.1) is 0 Å². The zero-order valence-electron chi connectivity index (χ0n) is 9.64. The molecule has 0 radical (unpaired) electrons. The molecule has 0 aliphatic heterocycles. The third-order valence-electron chi connectivity index (χ3n) is 2.71. The molecule has 0 fully saturated rings. The molecule has 2 heterocycles. The number of pyridine rings is 1. The molecule has 0 aliphatic rings. The van der Waals surface area contributed by atoms with Gasteiger partial charge in [-0.1, -0.05) is 0 Å². The lowest BCUT2D eigenvalue weighted by molar-refractivity contribution is 0.0786. The summed E-state index contributed by atoms with van der Waals surface area (Å²) in [5.74, 6) is 0. The number of aromatic nitrogens is 2. The van der Waals surface area contributed by atoms with Crippen molar-refractivity contribution in [3.05, 3.63) is 35.9 Å². The minimum absolute atomic E-state index is 0.583. The lowest BCUT2D eigenvalue weighted by atomic mass is 9.99. The smallest absolute Gasteiger partial charge is 0.0995 e. The summed E-state index contributed by atoms with van der Waals surface area (Å²) in [4.78, 5) is 4.31. The monoisotopic (exact) mass is 219 g/mol. The summed E-state index contributed by atoms with van der Waals surface area (Å²) in [7, 11) is 0. The summed E-state index contributed by atoms with van der Waals surface area (Å²) in [5.41, 5.74) is 7.60. The highest BCUT2D eigenvalue weighted by Crippen LogP contribution is 2.22. The molecule has 0 atom stereocenters. The Bertz CT molecular complexity index is 496. The second-order valence-electron chi connectivity index (χ2n) is 4.50. The lowest BCUT2D eigenvalue weighted by Gasteiger charge is -2.17. The molecule has 0 spiro atoms. The highest BCUT2D eigenvalue weighted by molar-refractivity contribution is 5.54. The van der Waals surface area contributed by atoms with Crippen molar-refractivity contribution in [3.8, 4) is 0 Å². The Labute approximate surface area is 94.7 Å². The normalized spacial score (nSPS) is 12.2. The fraction of sp³-hybridized carbons (Fsp3) is 0.417. The van der Waals surface area contributed by atoms with E-state index in [1.165, 1.54) is 0 Å². The molecule has 2 rings (SSSR count). The molecule has 86 valence electrons. The van der Waals surface area contributed by atoms with E-state index in [-0.39, 0.29) is 0 Å². The Morgan fingerprint density at radius 2 is 2.25 bits per heavy atom. The maximum absolute atomic E-state index is 9.95. The Balaban J connectivity index is 2.54. The summed E-state index contributed by atoms with van der Waals surface area (Å²) in [6.45, 7) is 4.13. The van der Waals surface area contributed by atoms with E-state index >= 15 is 0 Å². The van der Waals surface area contributed by atoms with Gasteiger partial charge in [-0.25, -0.2) is 4.98 Å². The van der Waals surface area contributed by atoms with Crippen molar-refractivity contribution in [2.24, 2.45) is 5.73 Å². The zero-order chi connectivity index (χ0) is 11.8. The number of nitrogens with two attached hydrogens (primary N) is 1. The van der Waals surface area contributed by atoms with Gasteiger partial charge in [-0.2, -0.15) is 0 Å². The molecule has 0 saturated carbocycles. The number of nitrogens with zero attached hydrogens (tertiary/aromatic N) is 2. The number of hydrogen-bond acceptors (Lipinski definition) is 3. The van der Waals surface area contributed by atoms with E-state index in [9.17, 15) is 5.11 Å². The molecule has 2 aromatic rings. The van der Waals surface area contributed by atoms with Crippen LogP contribution in [-0.4, -0.2) is 21.0 Å². The first-order valence-electron chi connectivity index (χ1n) is 5.41. The Kier molecular flexibility index (Phi) is 2.69. The first-order valence-corrected chi connectivity index (χ1v) is 5.41. The van der Waals surface area contributed by atoms with Crippen molar-refractivity contribution in [2.75, 3.05) is 6.54 Å². The molecule has 0 aliphatic carbocycles. The average molecular weight is 219 g/mol. The average Bonchev–Trinajstić information content (AvgIpc) is 2.60. The van der Waals surface area contributed by atoms with E-state index in [0.717, 1.165) is 23.2 Å². The van der Waals surface area contributed by atoms with Crippen LogP contribution in [0.2, 0.25) is 0 Å². The number of hydrogen-bond donors (Lipinski definition) is 2. The van der Waals surface area contributed by atoms with Crippen LogP contribution in [0.15, 0.2) is 24.7 Å². The molecule has 0 amide bonds. The van der Waals surface area contributed by atoms with Crippen LogP contribution in [0.1, 0.15) is 25.1 Å². The van der Waals surface area contributed by atoms with Gasteiger partial charge in [0.05, 0.1) is 23.1 Å². The quantitative estimate of drug-likeness (QED) is 0.811. The van der Waals surface area contributed by atoms with Crippen LogP contribution >= 0.6 is 0 Å². The largest absolute Gasteiger partial charge is 0.386 e. The summed E-state index contributed by atoms with van der Waals surface area (Å²) in [6, 6.07) is 3.87. The molecular formula is C12H17N3O. The molecule has 0 bridgehead atoms. The van der Waals surface area contributed by atoms with Gasteiger partial charge in [0.25, 0.3) is 0 Å². The maximum Gasteiger partial charge on any atom is 0.0995 e. The van der Waals surface area contributed by atoms with Crippen LogP contribution in [0.5, 0.6) is 0 Å². The fourth-order valence-electron chi connectivity index (χ4n) is 1.75. The molecule has 0 unspecified atom stereocenters. The highest BCUT2D eigenvalue weighted by atomic mass is 16.3. The number of imidazole rings is 1. The zero-order valence-corrected chi connectivity index (χ0v) is 9.64. The van der Waals surface area contributed by atoms with Crippen molar-refractivity contribution < 1.29 is 5.11 Å². The van der Waals surface area contributed by atoms with Crippen LogP contribution < -0.4 is 5.73 Å². The van der Waals surface area contributed by atoms with Crippen molar-refractivity contribution in [1.29, 1.82) is 0 Å². The van der Waals surface area contributed by atoms with E-state index in [1.54, 1.807) is 20.2 Å². The molecule has 4 nitrogen and oxygen atoms in total. The van der Waals surface area contributed by atoms with Crippen LogP contribution in [0.25, 0.3) is 5.52 Å². The number of rotatable bonds is 3. The summed E-state index contributed by atoms with van der Waals surface area (Å²) in [6.07, 6.45) is 4.44. The maximum atomic E-state index is 9.95. The van der Waals surface area contributed by atoms with Gasteiger partial charge in [0.15, 0.2) is 0 Å². The van der Waals surface area contributed by atoms with Crippen molar-refractivity contribution in [1.82, 2.24) is 9.38 Å². The van der Waals surface area contributed by atoms with E-state index in [1.807, 2.05) is 22.7 Å². The van der Waals surface area contributed by atoms with Gasteiger partial charge in [0, 0.05) is 12.6 Å². The van der Waals surface area contributed by atoms with E-state index in [0.29, 0.717) is 6.54 Å². The third kappa shape index (κ3) is 1.94. The second-order valence-corrected chi connectivity index (χ2v) is 4.50. The van der Waals surface area contributed by atoms with Crippen molar-refractivity contribution in [2.45, 2.75) is 25.9 Å². The predicted molar refractivity (Wildman–Crippen MR) is 63.2 cm³/mol. The minimum Gasteiger partial charge on any atom is -0.386 e. The Morgan fingerprint density at radius 3 is 2.88 bits per heavy atom. The van der Waals surface area contributed by atoms with E-state index in [4.69, 9.17) is 5.73 Å². The first kappa shape index (κ1) is 11.1. The highest BCUT2D eigenvalue weighted by Gasteiger charge is 2.17. The van der Waals surface area contributed by atoms with Gasteiger partial charge in [-0.3, -0.25) is 0 Å². The van der Waals surface area contributed by atoms with Gasteiger partial charge < -0.3 is 15.2 Å². The summed E-state index contributed by atoms with van der Waals surface area (Å²) >= 11 is 0. The lowest BCUT2D eigenvalue weighted by Crippen LogP contribution is -2.15. The van der Waals surface area contributed by atoms with Gasteiger partial charge in [-0.05, 0) is 38.1 Å². The topological polar surface area (TPSA) is 63.5 Å². The second kappa shape index (κ2) is 3.88. The molecule has 4 heteroatoms. The van der Waals surface area contributed by atoms with E-state index < -0.39 is 5.60 Å². The third-order valence-corrected chi connectivity index (χ3v) is 2.71. The number of aliphatic hydroxyl groups is 1. The summed E-state index contributed by atoms with van der Waals surface area (Å²) in [5, 5.41) is 9.95.